The minimum atomic E-state index is -1.04. The summed E-state index contributed by atoms with van der Waals surface area (Å²) in [5, 5.41) is 17.5. The van der Waals surface area contributed by atoms with Crippen LogP contribution >= 0.6 is 23.2 Å². The highest BCUT2D eigenvalue weighted by Crippen LogP contribution is 2.47. The molecular formula is C25H17Cl2N3O3. The zero-order chi connectivity index (χ0) is 23.3. The molecule has 4 aromatic rings. The van der Waals surface area contributed by atoms with Crippen molar-refractivity contribution in [3.63, 3.8) is 0 Å². The highest BCUT2D eigenvalue weighted by Gasteiger charge is 2.43. The lowest BCUT2D eigenvalue weighted by Crippen LogP contribution is -2.29. The summed E-state index contributed by atoms with van der Waals surface area (Å²) in [6.07, 6.45) is 0. The van der Waals surface area contributed by atoms with Gasteiger partial charge in [-0.05, 0) is 48.9 Å². The van der Waals surface area contributed by atoms with Crippen molar-refractivity contribution in [2.24, 2.45) is 0 Å². The Morgan fingerprint density at radius 3 is 2.36 bits per heavy atom. The first-order valence-corrected chi connectivity index (χ1v) is 10.9. The van der Waals surface area contributed by atoms with Crippen molar-refractivity contribution in [3.8, 4) is 11.3 Å². The first-order valence-electron chi connectivity index (χ1n) is 10.1. The van der Waals surface area contributed by atoms with E-state index in [0.29, 0.717) is 38.2 Å². The summed E-state index contributed by atoms with van der Waals surface area (Å²) < 4.78 is 0. The number of rotatable bonds is 4. The zero-order valence-electron chi connectivity index (χ0n) is 17.3. The molecule has 164 valence electrons. The Balaban J connectivity index is 1.71. The van der Waals surface area contributed by atoms with Crippen LogP contribution in [0.15, 0.2) is 66.7 Å². The average Bonchev–Trinajstić information content (AvgIpc) is 3.34. The van der Waals surface area contributed by atoms with Crippen LogP contribution in [0.3, 0.4) is 0 Å². The van der Waals surface area contributed by atoms with E-state index >= 15 is 0 Å². The molecule has 6 nitrogen and oxygen atoms in total. The quantitative estimate of drug-likeness (QED) is 0.369. The van der Waals surface area contributed by atoms with E-state index in [-0.39, 0.29) is 11.5 Å². The lowest BCUT2D eigenvalue weighted by molar-refractivity contribution is 0.0696. The number of hydrogen-bond donors (Lipinski definition) is 2. The normalized spacial score (nSPS) is 15.1. The Labute approximate surface area is 199 Å². The molecule has 8 heteroatoms. The van der Waals surface area contributed by atoms with Gasteiger partial charge in [0.2, 0.25) is 0 Å². The van der Waals surface area contributed by atoms with Crippen molar-refractivity contribution in [2.75, 3.05) is 4.90 Å². The number of aromatic nitrogens is 2. The molecule has 0 bridgehead atoms. The SMILES string of the molecule is Cc1ccc(-c2n[nH]c3c2C(c2ccc(Cl)cc2Cl)N(c2ccc(C(=O)O)cc2)C3=O)cc1. The monoisotopic (exact) mass is 477 g/mol. The molecule has 0 fully saturated rings. The predicted molar refractivity (Wildman–Crippen MR) is 127 cm³/mol. The smallest absolute Gasteiger partial charge is 0.335 e. The molecule has 1 aliphatic heterocycles. The molecule has 1 aliphatic rings. The summed E-state index contributed by atoms with van der Waals surface area (Å²) in [6, 6.07) is 18.6. The topological polar surface area (TPSA) is 86.3 Å². The third-order valence-corrected chi connectivity index (χ3v) is 6.31. The van der Waals surface area contributed by atoms with Crippen LogP contribution in [0.5, 0.6) is 0 Å². The van der Waals surface area contributed by atoms with Gasteiger partial charge in [-0.15, -0.1) is 0 Å². The number of nitrogens with one attached hydrogen (secondary N) is 1. The third-order valence-electron chi connectivity index (χ3n) is 5.74. The molecule has 0 radical (unpaired) electrons. The first-order chi connectivity index (χ1) is 15.8. The molecule has 33 heavy (non-hydrogen) atoms. The van der Waals surface area contributed by atoms with E-state index in [0.717, 1.165) is 11.1 Å². The minimum absolute atomic E-state index is 0.131. The maximum Gasteiger partial charge on any atom is 0.335 e. The maximum absolute atomic E-state index is 13.5. The summed E-state index contributed by atoms with van der Waals surface area (Å²) in [7, 11) is 0. The molecule has 1 unspecified atom stereocenters. The molecule has 0 saturated heterocycles. The van der Waals surface area contributed by atoms with Crippen molar-refractivity contribution < 1.29 is 14.7 Å². The number of halogens is 2. The van der Waals surface area contributed by atoms with E-state index < -0.39 is 12.0 Å². The Bertz CT molecular complexity index is 1400. The molecule has 1 amide bonds. The van der Waals surface area contributed by atoms with Gasteiger partial charge < -0.3 is 5.11 Å². The molecular weight excluding hydrogens is 461 g/mol. The number of fused-ring (bicyclic) bond motifs is 1. The fraction of sp³-hybridized carbons (Fsp3) is 0.0800. The van der Waals surface area contributed by atoms with E-state index in [1.165, 1.54) is 12.1 Å². The largest absolute Gasteiger partial charge is 0.478 e. The van der Waals surface area contributed by atoms with Crippen LogP contribution in [0.4, 0.5) is 5.69 Å². The van der Waals surface area contributed by atoms with Crippen molar-refractivity contribution in [3.05, 3.63) is 105 Å². The van der Waals surface area contributed by atoms with E-state index in [1.54, 1.807) is 35.2 Å². The summed E-state index contributed by atoms with van der Waals surface area (Å²) >= 11 is 12.7. The van der Waals surface area contributed by atoms with Crippen LogP contribution in [-0.4, -0.2) is 27.2 Å². The van der Waals surface area contributed by atoms with Crippen molar-refractivity contribution in [1.29, 1.82) is 0 Å². The third kappa shape index (κ3) is 3.57. The molecule has 1 aromatic heterocycles. The van der Waals surface area contributed by atoms with Crippen molar-refractivity contribution in [2.45, 2.75) is 13.0 Å². The predicted octanol–water partition coefficient (Wildman–Crippen LogP) is 6.14. The van der Waals surface area contributed by atoms with Crippen LogP contribution < -0.4 is 4.90 Å². The fourth-order valence-corrected chi connectivity index (χ4v) is 4.64. The number of H-pyrrole nitrogens is 1. The van der Waals surface area contributed by atoms with E-state index in [9.17, 15) is 14.7 Å². The van der Waals surface area contributed by atoms with Crippen LogP contribution in [0, 0.1) is 6.92 Å². The van der Waals surface area contributed by atoms with E-state index in [4.69, 9.17) is 23.2 Å². The highest BCUT2D eigenvalue weighted by molar-refractivity contribution is 6.35. The number of aryl methyl sites for hydroxylation is 1. The molecule has 0 saturated carbocycles. The summed E-state index contributed by atoms with van der Waals surface area (Å²) in [4.78, 5) is 26.4. The zero-order valence-corrected chi connectivity index (χ0v) is 18.9. The van der Waals surface area contributed by atoms with Gasteiger partial charge in [0, 0.05) is 26.9 Å². The molecule has 2 N–H and O–H groups in total. The lowest BCUT2D eigenvalue weighted by Gasteiger charge is -2.27. The minimum Gasteiger partial charge on any atom is -0.478 e. The molecule has 1 atom stereocenters. The molecule has 3 aromatic carbocycles. The first kappa shape index (κ1) is 21.2. The number of benzene rings is 3. The summed E-state index contributed by atoms with van der Waals surface area (Å²) in [6.45, 7) is 2.00. The number of anilines is 1. The van der Waals surface area contributed by atoms with Gasteiger partial charge in [0.15, 0.2) is 0 Å². The average molecular weight is 478 g/mol. The fourth-order valence-electron chi connectivity index (χ4n) is 4.13. The van der Waals surface area contributed by atoms with Gasteiger partial charge in [-0.1, -0.05) is 59.1 Å². The van der Waals surface area contributed by atoms with Crippen LogP contribution in [0.2, 0.25) is 10.0 Å². The van der Waals surface area contributed by atoms with Gasteiger partial charge in [-0.3, -0.25) is 14.8 Å². The van der Waals surface area contributed by atoms with Crippen LogP contribution in [0.25, 0.3) is 11.3 Å². The Kier molecular flexibility index (Phi) is 5.19. The van der Waals surface area contributed by atoms with Crippen LogP contribution in [-0.2, 0) is 0 Å². The Morgan fingerprint density at radius 2 is 1.73 bits per heavy atom. The summed E-state index contributed by atoms with van der Waals surface area (Å²) in [5.41, 5.74) is 5.06. The van der Waals surface area contributed by atoms with Crippen molar-refractivity contribution >= 4 is 40.8 Å². The van der Waals surface area contributed by atoms with Gasteiger partial charge in [-0.25, -0.2) is 4.79 Å². The number of carbonyl (C=O) groups excluding carboxylic acids is 1. The standard InChI is InChI=1S/C25H17Cl2N3O3/c1-13-2-4-14(5-3-13)21-20-22(29-28-21)24(31)30(17-9-6-15(7-10-17)25(32)33)23(20)18-11-8-16(26)12-19(18)27/h2-12,23H,1H3,(H,28,29)(H,32,33). The van der Waals surface area contributed by atoms with Gasteiger partial charge in [-0.2, -0.15) is 5.10 Å². The number of carbonyl (C=O) groups is 2. The van der Waals surface area contributed by atoms with Gasteiger partial charge >= 0.3 is 5.97 Å². The van der Waals surface area contributed by atoms with E-state index in [1.807, 2.05) is 31.2 Å². The molecule has 2 heterocycles. The number of nitrogens with zero attached hydrogens (tertiary/aromatic N) is 2. The molecule has 0 spiro atoms. The number of amides is 1. The van der Waals surface area contributed by atoms with E-state index in [2.05, 4.69) is 10.2 Å². The van der Waals surface area contributed by atoms with Crippen molar-refractivity contribution in [1.82, 2.24) is 10.2 Å². The Morgan fingerprint density at radius 1 is 1.03 bits per heavy atom. The molecule has 0 aliphatic carbocycles. The lowest BCUT2D eigenvalue weighted by atomic mass is 9.95. The van der Waals surface area contributed by atoms with Crippen LogP contribution in [0.1, 0.15) is 43.6 Å². The Hall–Kier alpha value is -3.61. The van der Waals surface area contributed by atoms with Gasteiger partial charge in [0.1, 0.15) is 5.69 Å². The maximum atomic E-state index is 13.5. The number of carboxylic acids is 1. The van der Waals surface area contributed by atoms with Gasteiger partial charge in [0.25, 0.3) is 5.91 Å². The second kappa shape index (κ2) is 8.06. The second-order valence-electron chi connectivity index (χ2n) is 7.82. The second-order valence-corrected chi connectivity index (χ2v) is 8.67. The molecule has 5 rings (SSSR count). The number of carboxylic acid groups (broad SMARTS) is 1. The number of aromatic amines is 1. The highest BCUT2D eigenvalue weighted by atomic mass is 35.5. The summed E-state index contributed by atoms with van der Waals surface area (Å²) in [5.74, 6) is -1.32. The number of hydrogen-bond acceptors (Lipinski definition) is 3. The van der Waals surface area contributed by atoms with Gasteiger partial charge in [0.05, 0.1) is 17.3 Å². The number of aromatic carboxylic acids is 1.